The van der Waals surface area contributed by atoms with E-state index in [2.05, 4.69) is 15.3 Å². The second kappa shape index (κ2) is 6.84. The molecule has 1 amide bonds. The molecule has 30 heavy (non-hydrogen) atoms. The van der Waals surface area contributed by atoms with Gasteiger partial charge in [0.2, 0.25) is 5.91 Å². The minimum Gasteiger partial charge on any atom is -0.326 e. The third-order valence-electron chi connectivity index (χ3n) is 5.17. The maximum atomic E-state index is 14.9. The standard InChI is InChI=1S/C22H14F2N4O2/c23-16-6-13(12-1-2-18-14(5-12)8-21(29)27-18)7-17(24)15(16)11-28-20-9-25-4-3-19(20)26-10-22(28)30/h1-7,9-10H,8,11H2,(H,27,29). The third-order valence-corrected chi connectivity index (χ3v) is 5.17. The van der Waals surface area contributed by atoms with Crippen LogP contribution in [0.5, 0.6) is 0 Å². The van der Waals surface area contributed by atoms with Crippen molar-refractivity contribution in [3.8, 4) is 11.1 Å². The topological polar surface area (TPSA) is 76.9 Å². The lowest BCUT2D eigenvalue weighted by Gasteiger charge is -2.12. The number of nitrogens with zero attached hydrogens (tertiary/aromatic N) is 3. The Hall–Kier alpha value is -3.94. The molecule has 148 valence electrons. The number of carbonyl (C=O) groups is 1. The normalized spacial score (nSPS) is 12.8. The van der Waals surface area contributed by atoms with Crippen LogP contribution < -0.4 is 10.9 Å². The first-order valence-electron chi connectivity index (χ1n) is 9.20. The number of amides is 1. The molecule has 0 unspecified atom stereocenters. The van der Waals surface area contributed by atoms with Gasteiger partial charge in [0.05, 0.1) is 36.4 Å². The molecule has 0 saturated heterocycles. The monoisotopic (exact) mass is 404 g/mol. The zero-order valence-electron chi connectivity index (χ0n) is 15.5. The van der Waals surface area contributed by atoms with Crippen molar-refractivity contribution in [2.45, 2.75) is 13.0 Å². The average molecular weight is 404 g/mol. The predicted molar refractivity (Wildman–Crippen MR) is 107 cm³/mol. The summed E-state index contributed by atoms with van der Waals surface area (Å²) in [4.78, 5) is 31.8. The van der Waals surface area contributed by atoms with Crippen LogP contribution in [0.15, 0.2) is 59.8 Å². The van der Waals surface area contributed by atoms with Gasteiger partial charge in [0, 0.05) is 17.4 Å². The molecule has 0 spiro atoms. The highest BCUT2D eigenvalue weighted by molar-refractivity contribution is 5.99. The number of carbonyl (C=O) groups excluding carboxylic acids is 1. The van der Waals surface area contributed by atoms with Crippen molar-refractivity contribution in [2.75, 3.05) is 5.32 Å². The Morgan fingerprint density at radius 2 is 1.80 bits per heavy atom. The van der Waals surface area contributed by atoms with E-state index in [4.69, 9.17) is 0 Å². The molecule has 0 radical (unpaired) electrons. The molecule has 1 aliphatic rings. The first-order chi connectivity index (χ1) is 14.5. The number of hydrogen-bond acceptors (Lipinski definition) is 4. The lowest BCUT2D eigenvalue weighted by Crippen LogP contribution is -2.22. The summed E-state index contributed by atoms with van der Waals surface area (Å²) in [5, 5.41) is 2.73. The number of halogens is 2. The van der Waals surface area contributed by atoms with E-state index in [0.717, 1.165) is 11.8 Å². The number of anilines is 1. The third kappa shape index (κ3) is 3.02. The van der Waals surface area contributed by atoms with Crippen molar-refractivity contribution in [3.63, 3.8) is 0 Å². The molecule has 1 aliphatic heterocycles. The fourth-order valence-electron chi connectivity index (χ4n) is 3.66. The minimum atomic E-state index is -0.763. The molecule has 1 N–H and O–H groups in total. The lowest BCUT2D eigenvalue weighted by atomic mass is 9.99. The maximum Gasteiger partial charge on any atom is 0.269 e. The number of pyridine rings is 1. The Kier molecular flexibility index (Phi) is 4.13. The summed E-state index contributed by atoms with van der Waals surface area (Å²) in [6.07, 6.45) is 4.32. The summed E-state index contributed by atoms with van der Waals surface area (Å²) >= 11 is 0. The molecule has 0 atom stereocenters. The van der Waals surface area contributed by atoms with Crippen LogP contribution in [-0.2, 0) is 17.8 Å². The van der Waals surface area contributed by atoms with Crippen LogP contribution in [0.3, 0.4) is 0 Å². The molecule has 0 saturated carbocycles. The fourth-order valence-corrected chi connectivity index (χ4v) is 3.66. The number of rotatable bonds is 3. The number of aromatic nitrogens is 3. The van der Waals surface area contributed by atoms with Crippen molar-refractivity contribution in [1.29, 1.82) is 0 Å². The highest BCUT2D eigenvalue weighted by Crippen LogP contribution is 2.31. The second-order valence-corrected chi connectivity index (χ2v) is 7.06. The highest BCUT2D eigenvalue weighted by atomic mass is 19.1. The van der Waals surface area contributed by atoms with Gasteiger partial charge in [-0.3, -0.25) is 19.1 Å². The van der Waals surface area contributed by atoms with Gasteiger partial charge in [-0.05, 0) is 47.0 Å². The van der Waals surface area contributed by atoms with Crippen molar-refractivity contribution >= 4 is 22.6 Å². The minimum absolute atomic E-state index is 0.112. The molecular formula is C22H14F2N4O2. The average Bonchev–Trinajstić information content (AvgIpc) is 3.11. The molecule has 2 aromatic heterocycles. The maximum absolute atomic E-state index is 14.9. The van der Waals surface area contributed by atoms with Crippen molar-refractivity contribution in [2.24, 2.45) is 0 Å². The molecule has 4 aromatic rings. The van der Waals surface area contributed by atoms with E-state index in [9.17, 15) is 18.4 Å². The lowest BCUT2D eigenvalue weighted by molar-refractivity contribution is -0.115. The summed E-state index contributed by atoms with van der Waals surface area (Å²) in [5.74, 6) is -1.64. The van der Waals surface area contributed by atoms with Crippen LogP contribution in [0, 0.1) is 11.6 Å². The Bertz CT molecular complexity index is 1370. The van der Waals surface area contributed by atoms with Crippen LogP contribution in [0.2, 0.25) is 0 Å². The van der Waals surface area contributed by atoms with E-state index in [1.165, 1.54) is 29.1 Å². The molecule has 0 aliphatic carbocycles. The van der Waals surface area contributed by atoms with Gasteiger partial charge in [-0.25, -0.2) is 13.8 Å². The number of benzene rings is 2. The molecule has 6 nitrogen and oxygen atoms in total. The number of hydrogen-bond donors (Lipinski definition) is 1. The SMILES string of the molecule is O=C1Cc2cc(-c3cc(F)c(Cn4c(=O)cnc5ccncc54)c(F)c3)ccc2N1. The van der Waals surface area contributed by atoms with Crippen LogP contribution in [0.25, 0.3) is 22.2 Å². The smallest absolute Gasteiger partial charge is 0.269 e. The van der Waals surface area contributed by atoms with Crippen molar-refractivity contribution in [1.82, 2.24) is 14.5 Å². The second-order valence-electron chi connectivity index (χ2n) is 7.06. The van der Waals surface area contributed by atoms with E-state index in [1.807, 2.05) is 0 Å². The Labute approximate surface area is 168 Å². The van der Waals surface area contributed by atoms with Gasteiger partial charge >= 0.3 is 0 Å². The molecular weight excluding hydrogens is 390 g/mol. The summed E-state index contributed by atoms with van der Waals surface area (Å²) < 4.78 is 31.0. The van der Waals surface area contributed by atoms with Gasteiger partial charge in [0.1, 0.15) is 11.6 Å². The Morgan fingerprint density at radius 3 is 2.60 bits per heavy atom. The van der Waals surface area contributed by atoms with Crippen LogP contribution in [-0.4, -0.2) is 20.4 Å². The molecule has 0 fully saturated rings. The van der Waals surface area contributed by atoms with E-state index in [1.54, 1.807) is 24.3 Å². The van der Waals surface area contributed by atoms with Gasteiger partial charge in [0.15, 0.2) is 0 Å². The van der Waals surface area contributed by atoms with E-state index in [-0.39, 0.29) is 24.4 Å². The molecule has 2 aromatic carbocycles. The zero-order chi connectivity index (χ0) is 20.8. The predicted octanol–water partition coefficient (Wildman–Crippen LogP) is 3.28. The van der Waals surface area contributed by atoms with E-state index >= 15 is 0 Å². The first-order valence-corrected chi connectivity index (χ1v) is 9.20. The van der Waals surface area contributed by atoms with Crippen molar-refractivity contribution in [3.05, 3.63) is 88.1 Å². The van der Waals surface area contributed by atoms with Gasteiger partial charge < -0.3 is 5.32 Å². The quantitative estimate of drug-likeness (QED) is 0.569. The molecule has 5 rings (SSSR count). The number of nitrogens with one attached hydrogen (secondary N) is 1. The summed E-state index contributed by atoms with van der Waals surface area (Å²) in [7, 11) is 0. The largest absolute Gasteiger partial charge is 0.326 e. The van der Waals surface area contributed by atoms with Gasteiger partial charge in [-0.2, -0.15) is 0 Å². The van der Waals surface area contributed by atoms with Crippen molar-refractivity contribution < 1.29 is 13.6 Å². The Morgan fingerprint density at radius 1 is 1.00 bits per heavy atom. The van der Waals surface area contributed by atoms with E-state index in [0.29, 0.717) is 27.8 Å². The highest BCUT2D eigenvalue weighted by Gasteiger charge is 2.19. The van der Waals surface area contributed by atoms with E-state index < -0.39 is 17.2 Å². The van der Waals surface area contributed by atoms with Crippen LogP contribution >= 0.6 is 0 Å². The van der Waals surface area contributed by atoms with Crippen LogP contribution in [0.1, 0.15) is 11.1 Å². The van der Waals surface area contributed by atoms with Gasteiger partial charge in [0.25, 0.3) is 5.56 Å². The van der Waals surface area contributed by atoms with Gasteiger partial charge in [-0.1, -0.05) is 6.07 Å². The molecule has 0 bridgehead atoms. The van der Waals surface area contributed by atoms with Gasteiger partial charge in [-0.15, -0.1) is 0 Å². The zero-order valence-corrected chi connectivity index (χ0v) is 15.5. The summed E-state index contributed by atoms with van der Waals surface area (Å²) in [6, 6.07) is 9.25. The first kappa shape index (κ1) is 18.1. The number of fused-ring (bicyclic) bond motifs is 2. The Balaban J connectivity index is 1.55. The molecule has 3 heterocycles. The molecule has 8 heteroatoms. The summed E-state index contributed by atoms with van der Waals surface area (Å²) in [5.41, 5.74) is 2.63. The van der Waals surface area contributed by atoms with Crippen LogP contribution in [0.4, 0.5) is 14.5 Å². The fraction of sp³-hybridized carbons (Fsp3) is 0.0909. The summed E-state index contributed by atoms with van der Waals surface area (Å²) in [6.45, 7) is -0.288.